The molecule has 3 N–H and O–H groups in total. The van der Waals surface area contributed by atoms with Gasteiger partial charge in [-0.3, -0.25) is 4.79 Å². The summed E-state index contributed by atoms with van der Waals surface area (Å²) in [6.45, 7) is 11.5. The fraction of sp³-hybridized carbons (Fsp3) is 0.621. The highest BCUT2D eigenvalue weighted by molar-refractivity contribution is 5.78. The second kappa shape index (κ2) is 12.1. The van der Waals surface area contributed by atoms with Crippen molar-refractivity contribution in [3.63, 3.8) is 0 Å². The number of hydrogen-bond donors (Lipinski definition) is 3. The maximum atomic E-state index is 12.5. The molecular weight excluding hydrogens is 424 g/mol. The normalized spacial score (nSPS) is 25.3. The summed E-state index contributed by atoms with van der Waals surface area (Å²) in [5.41, 5.74) is 3.75. The molecule has 34 heavy (non-hydrogen) atoms. The maximum Gasteiger partial charge on any atom is 0.236 e. The molecule has 0 spiro atoms. The Balaban J connectivity index is 1.45. The van der Waals surface area contributed by atoms with E-state index in [0.29, 0.717) is 24.8 Å². The maximum absolute atomic E-state index is 12.5. The molecule has 1 fully saturated rings. The lowest BCUT2D eigenvalue weighted by molar-refractivity contribution is -0.133. The quantitative estimate of drug-likeness (QED) is 0.339. The van der Waals surface area contributed by atoms with E-state index in [9.17, 15) is 15.0 Å². The molecule has 1 aromatic rings. The molecule has 0 unspecified atom stereocenters. The lowest BCUT2D eigenvalue weighted by Crippen LogP contribution is -2.46. The van der Waals surface area contributed by atoms with Gasteiger partial charge < -0.3 is 20.4 Å². The predicted molar refractivity (Wildman–Crippen MR) is 138 cm³/mol. The van der Waals surface area contributed by atoms with Gasteiger partial charge in [-0.25, -0.2) is 0 Å². The van der Waals surface area contributed by atoms with Gasteiger partial charge in [-0.2, -0.15) is 0 Å². The van der Waals surface area contributed by atoms with Crippen molar-refractivity contribution in [3.05, 3.63) is 59.2 Å². The number of carbonyl (C=O) groups excluding carboxylic acids is 1. The zero-order valence-corrected chi connectivity index (χ0v) is 21.6. The minimum Gasteiger partial charge on any atom is -0.392 e. The van der Waals surface area contributed by atoms with E-state index in [-0.39, 0.29) is 30.0 Å². The van der Waals surface area contributed by atoms with Gasteiger partial charge >= 0.3 is 0 Å². The predicted octanol–water partition coefficient (Wildman–Crippen LogP) is 4.02. The van der Waals surface area contributed by atoms with Crippen molar-refractivity contribution in [2.75, 3.05) is 13.1 Å². The number of aryl methyl sites for hydroxylation is 1. The van der Waals surface area contributed by atoms with Crippen LogP contribution in [-0.4, -0.2) is 58.4 Å². The second-order valence-corrected chi connectivity index (χ2v) is 10.8. The number of aliphatic hydroxyl groups is 2. The van der Waals surface area contributed by atoms with Gasteiger partial charge in [-0.15, -0.1) is 0 Å². The van der Waals surface area contributed by atoms with Crippen LogP contribution in [0.25, 0.3) is 0 Å². The van der Waals surface area contributed by atoms with E-state index in [1.165, 1.54) is 11.1 Å². The summed E-state index contributed by atoms with van der Waals surface area (Å²) in [5.74, 6) is 1.06. The number of hydrogen-bond acceptors (Lipinski definition) is 4. The van der Waals surface area contributed by atoms with E-state index in [2.05, 4.69) is 64.2 Å². The Labute approximate surface area is 205 Å². The van der Waals surface area contributed by atoms with Gasteiger partial charge in [0.15, 0.2) is 0 Å². The number of nitrogens with one attached hydrogen (secondary N) is 1. The number of allylic oxidation sites excluding steroid dienone is 1. The second-order valence-electron chi connectivity index (χ2n) is 10.8. The average Bonchev–Trinajstić information content (AvgIpc) is 3.25. The van der Waals surface area contributed by atoms with Crippen molar-refractivity contribution in [3.8, 4) is 0 Å². The molecule has 0 bridgehead atoms. The standard InChI is InChI=1S/C29H44N2O3/c1-19(2)31(20(3)4)29(34)18-30-12-11-23-14-24-17-28(33)26(27(24)16-23)10-9-25(32)15-22-8-6-7-21(5)13-22/h6-10,13-14,19-20,24-28,30,32-33H,11-12,15-18H2,1-5H3/t24-,25+,26+,27-,28+/m0/s1. The molecule has 2 aliphatic rings. The van der Waals surface area contributed by atoms with Gasteiger partial charge in [0, 0.05) is 24.4 Å². The van der Waals surface area contributed by atoms with Gasteiger partial charge in [-0.1, -0.05) is 53.6 Å². The number of benzene rings is 1. The van der Waals surface area contributed by atoms with Crippen molar-refractivity contribution in [1.82, 2.24) is 10.2 Å². The molecule has 0 radical (unpaired) electrons. The van der Waals surface area contributed by atoms with Gasteiger partial charge in [0.05, 0.1) is 18.8 Å². The Bertz CT molecular complexity index is 868. The Morgan fingerprint density at radius 1 is 1.24 bits per heavy atom. The molecule has 0 saturated heterocycles. The van der Waals surface area contributed by atoms with Crippen LogP contribution in [0.5, 0.6) is 0 Å². The van der Waals surface area contributed by atoms with Gasteiger partial charge in [0.25, 0.3) is 0 Å². The zero-order valence-electron chi connectivity index (χ0n) is 21.6. The highest BCUT2D eigenvalue weighted by atomic mass is 16.3. The molecule has 0 aromatic heterocycles. The molecule has 3 rings (SSSR count). The third-order valence-corrected chi connectivity index (χ3v) is 7.33. The summed E-state index contributed by atoms with van der Waals surface area (Å²) in [5, 5.41) is 24.5. The Morgan fingerprint density at radius 2 is 1.97 bits per heavy atom. The van der Waals surface area contributed by atoms with Crippen molar-refractivity contribution < 1.29 is 15.0 Å². The molecule has 1 amide bonds. The van der Waals surface area contributed by atoms with Gasteiger partial charge in [-0.05, 0) is 77.8 Å². The first kappa shape index (κ1) is 26.7. The minimum absolute atomic E-state index is 0.0890. The van der Waals surface area contributed by atoms with E-state index in [1.54, 1.807) is 0 Å². The van der Waals surface area contributed by atoms with Crippen LogP contribution in [0.15, 0.2) is 48.1 Å². The Hall–Kier alpha value is -1.95. The number of rotatable bonds is 11. The fourth-order valence-electron chi connectivity index (χ4n) is 5.90. The third-order valence-electron chi connectivity index (χ3n) is 7.33. The highest BCUT2D eigenvalue weighted by Crippen LogP contribution is 2.47. The first-order valence-corrected chi connectivity index (χ1v) is 13.0. The Kier molecular flexibility index (Phi) is 9.52. The van der Waals surface area contributed by atoms with E-state index in [1.807, 2.05) is 23.1 Å². The molecule has 0 heterocycles. The van der Waals surface area contributed by atoms with Crippen LogP contribution in [0.4, 0.5) is 0 Å². The molecule has 5 heteroatoms. The van der Waals surface area contributed by atoms with Crippen LogP contribution in [0.3, 0.4) is 0 Å². The summed E-state index contributed by atoms with van der Waals surface area (Å²) in [6, 6.07) is 8.65. The smallest absolute Gasteiger partial charge is 0.236 e. The number of carbonyl (C=O) groups is 1. The summed E-state index contributed by atoms with van der Waals surface area (Å²) < 4.78 is 0. The van der Waals surface area contributed by atoms with Crippen molar-refractivity contribution in [2.45, 2.75) is 84.6 Å². The zero-order chi connectivity index (χ0) is 24.8. The number of nitrogens with zero attached hydrogens (tertiary/aromatic N) is 1. The van der Waals surface area contributed by atoms with E-state index >= 15 is 0 Å². The monoisotopic (exact) mass is 468 g/mol. The van der Waals surface area contributed by atoms with Crippen LogP contribution < -0.4 is 5.32 Å². The largest absolute Gasteiger partial charge is 0.392 e. The molecule has 2 aliphatic carbocycles. The summed E-state index contributed by atoms with van der Waals surface area (Å²) in [6.07, 6.45) is 8.70. The first-order chi connectivity index (χ1) is 16.2. The first-order valence-electron chi connectivity index (χ1n) is 13.0. The van der Waals surface area contributed by atoms with Crippen molar-refractivity contribution in [1.29, 1.82) is 0 Å². The van der Waals surface area contributed by atoms with Crippen LogP contribution in [-0.2, 0) is 11.2 Å². The van der Waals surface area contributed by atoms with E-state index in [4.69, 9.17) is 0 Å². The number of amides is 1. The fourth-order valence-corrected chi connectivity index (χ4v) is 5.90. The van der Waals surface area contributed by atoms with Crippen molar-refractivity contribution >= 4 is 5.91 Å². The molecule has 1 aromatic carbocycles. The van der Waals surface area contributed by atoms with Gasteiger partial charge in [0.2, 0.25) is 5.91 Å². The van der Waals surface area contributed by atoms with Crippen LogP contribution in [0.1, 0.15) is 58.1 Å². The lowest BCUT2D eigenvalue weighted by Gasteiger charge is -2.31. The Morgan fingerprint density at radius 3 is 2.65 bits per heavy atom. The molecule has 188 valence electrons. The van der Waals surface area contributed by atoms with E-state index in [0.717, 1.165) is 31.4 Å². The van der Waals surface area contributed by atoms with Gasteiger partial charge in [0.1, 0.15) is 0 Å². The highest BCUT2D eigenvalue weighted by Gasteiger charge is 2.43. The lowest BCUT2D eigenvalue weighted by atomic mass is 9.88. The SMILES string of the molecule is Cc1cccc(C[C@H](O)C=C[C@@H]2[C@H]3CC(CCNCC(=O)N(C(C)C)C(C)C)=C[C@H]3C[C@H]2O)c1. The van der Waals surface area contributed by atoms with Crippen LogP contribution in [0, 0.1) is 24.7 Å². The summed E-state index contributed by atoms with van der Waals surface area (Å²) in [4.78, 5) is 14.4. The average molecular weight is 469 g/mol. The number of fused-ring (bicyclic) bond motifs is 1. The third kappa shape index (κ3) is 7.03. The summed E-state index contributed by atoms with van der Waals surface area (Å²) in [7, 11) is 0. The minimum atomic E-state index is -0.542. The van der Waals surface area contributed by atoms with Crippen molar-refractivity contribution in [2.24, 2.45) is 17.8 Å². The van der Waals surface area contributed by atoms with E-state index < -0.39 is 6.10 Å². The molecule has 5 nitrogen and oxygen atoms in total. The summed E-state index contributed by atoms with van der Waals surface area (Å²) >= 11 is 0. The molecule has 5 atom stereocenters. The topological polar surface area (TPSA) is 72.8 Å². The van der Waals surface area contributed by atoms with Crippen LogP contribution >= 0.6 is 0 Å². The molecule has 0 aliphatic heterocycles. The van der Waals surface area contributed by atoms with Crippen LogP contribution in [0.2, 0.25) is 0 Å². The molecule has 1 saturated carbocycles. The number of aliphatic hydroxyl groups excluding tert-OH is 2. The molecular formula is C29H44N2O3.